The summed E-state index contributed by atoms with van der Waals surface area (Å²) in [6, 6.07) is 9.54. The van der Waals surface area contributed by atoms with Gasteiger partial charge in [0, 0.05) is 23.9 Å². The molecule has 10 heteroatoms. The number of hydrogen-bond donors (Lipinski definition) is 1. The molecule has 8 nitrogen and oxygen atoms in total. The van der Waals surface area contributed by atoms with Crippen molar-refractivity contribution in [3.8, 4) is 17.2 Å². The monoisotopic (exact) mass is 428 g/mol. The molecule has 0 aliphatic rings. The highest BCUT2D eigenvalue weighted by Gasteiger charge is 2.25. The molecule has 0 heterocycles. The van der Waals surface area contributed by atoms with E-state index in [1.165, 1.54) is 33.5 Å². The molecule has 0 spiro atoms. The second-order valence-corrected chi connectivity index (χ2v) is 8.02. The lowest BCUT2D eigenvalue weighted by Gasteiger charge is -2.24. The van der Waals surface area contributed by atoms with Crippen LogP contribution in [0.2, 0.25) is 5.02 Å². The summed E-state index contributed by atoms with van der Waals surface area (Å²) < 4.78 is 41.2. The number of halogens is 1. The van der Waals surface area contributed by atoms with Gasteiger partial charge in [0.1, 0.15) is 23.8 Å². The number of carbonyl (C=O) groups is 1. The zero-order chi connectivity index (χ0) is 20.9. The molecule has 0 bridgehead atoms. The molecule has 28 heavy (non-hydrogen) atoms. The molecule has 0 radical (unpaired) electrons. The molecule has 2 aromatic carbocycles. The molecule has 0 aliphatic heterocycles. The van der Waals surface area contributed by atoms with Crippen molar-refractivity contribution in [2.45, 2.75) is 0 Å². The highest BCUT2D eigenvalue weighted by Crippen LogP contribution is 2.38. The third-order valence-corrected chi connectivity index (χ3v) is 5.18. The number of nitrogens with zero attached hydrogens (tertiary/aromatic N) is 1. The second kappa shape index (κ2) is 9.03. The fraction of sp³-hybridized carbons (Fsp3) is 0.278. The standard InChI is InChI=1S/C18H21ClN2O6S/c1-25-13-7-5-6-12(8-13)20-18(22)11-21(28(4,23)24)15-10-16(26-2)14(19)9-17(15)27-3/h5-10H,11H2,1-4H3,(H,20,22). The van der Waals surface area contributed by atoms with Gasteiger partial charge in [0.2, 0.25) is 15.9 Å². The smallest absolute Gasteiger partial charge is 0.245 e. The van der Waals surface area contributed by atoms with Gasteiger partial charge in [0.15, 0.2) is 0 Å². The van der Waals surface area contributed by atoms with Crippen molar-refractivity contribution in [1.29, 1.82) is 0 Å². The van der Waals surface area contributed by atoms with Crippen molar-refractivity contribution in [2.24, 2.45) is 0 Å². The van der Waals surface area contributed by atoms with E-state index >= 15 is 0 Å². The Bertz CT molecular complexity index is 965. The second-order valence-electron chi connectivity index (χ2n) is 5.71. The van der Waals surface area contributed by atoms with E-state index in [9.17, 15) is 13.2 Å². The lowest BCUT2D eigenvalue weighted by molar-refractivity contribution is -0.114. The largest absolute Gasteiger partial charge is 0.497 e. The molecule has 1 amide bonds. The Morgan fingerprint density at radius 2 is 1.75 bits per heavy atom. The Hall–Kier alpha value is -2.65. The normalized spacial score (nSPS) is 10.9. The van der Waals surface area contributed by atoms with Gasteiger partial charge >= 0.3 is 0 Å². The Balaban J connectivity index is 2.36. The van der Waals surface area contributed by atoms with E-state index < -0.39 is 22.5 Å². The topological polar surface area (TPSA) is 94.2 Å². The minimum absolute atomic E-state index is 0.132. The minimum atomic E-state index is -3.82. The van der Waals surface area contributed by atoms with Crippen LogP contribution < -0.4 is 23.8 Å². The van der Waals surface area contributed by atoms with Crippen LogP contribution in [0.4, 0.5) is 11.4 Å². The molecule has 0 atom stereocenters. The van der Waals surface area contributed by atoms with Crippen molar-refractivity contribution in [3.63, 3.8) is 0 Å². The van der Waals surface area contributed by atoms with Crippen LogP contribution in [0.25, 0.3) is 0 Å². The number of ether oxygens (including phenoxy) is 3. The highest BCUT2D eigenvalue weighted by atomic mass is 35.5. The third-order valence-electron chi connectivity index (χ3n) is 3.76. The molecular weight excluding hydrogens is 408 g/mol. The predicted molar refractivity (Wildman–Crippen MR) is 108 cm³/mol. The predicted octanol–water partition coefficient (Wildman–Crippen LogP) is 2.77. The van der Waals surface area contributed by atoms with Crippen LogP contribution >= 0.6 is 11.6 Å². The number of sulfonamides is 1. The average molecular weight is 429 g/mol. The van der Waals surface area contributed by atoms with Crippen LogP contribution in [0, 0.1) is 0 Å². The van der Waals surface area contributed by atoms with E-state index in [1.54, 1.807) is 24.3 Å². The lowest BCUT2D eigenvalue weighted by atomic mass is 10.2. The van der Waals surface area contributed by atoms with Crippen LogP contribution in [0.5, 0.6) is 17.2 Å². The molecule has 0 aliphatic carbocycles. The lowest BCUT2D eigenvalue weighted by Crippen LogP contribution is -2.37. The number of benzene rings is 2. The molecule has 0 saturated heterocycles. The van der Waals surface area contributed by atoms with Gasteiger partial charge in [0.25, 0.3) is 0 Å². The summed E-state index contributed by atoms with van der Waals surface area (Å²) >= 11 is 6.08. The van der Waals surface area contributed by atoms with Gasteiger partial charge in [-0.25, -0.2) is 8.42 Å². The molecule has 2 aromatic rings. The van der Waals surface area contributed by atoms with Gasteiger partial charge in [-0.05, 0) is 12.1 Å². The van der Waals surface area contributed by atoms with Crippen molar-refractivity contribution in [2.75, 3.05) is 43.8 Å². The fourth-order valence-corrected chi connectivity index (χ4v) is 3.53. The quantitative estimate of drug-likeness (QED) is 0.694. The van der Waals surface area contributed by atoms with Gasteiger partial charge in [-0.1, -0.05) is 17.7 Å². The maximum absolute atomic E-state index is 12.5. The Kier molecular flexibility index (Phi) is 6.98. The van der Waals surface area contributed by atoms with Crippen LogP contribution in [0.1, 0.15) is 0 Å². The molecule has 1 N–H and O–H groups in total. The van der Waals surface area contributed by atoms with E-state index in [2.05, 4.69) is 5.32 Å². The van der Waals surface area contributed by atoms with E-state index in [-0.39, 0.29) is 22.2 Å². The van der Waals surface area contributed by atoms with Gasteiger partial charge < -0.3 is 19.5 Å². The molecule has 0 unspecified atom stereocenters. The number of methoxy groups -OCH3 is 3. The van der Waals surface area contributed by atoms with E-state index in [0.717, 1.165) is 10.6 Å². The highest BCUT2D eigenvalue weighted by molar-refractivity contribution is 7.92. The van der Waals surface area contributed by atoms with Crippen LogP contribution in [0.3, 0.4) is 0 Å². The van der Waals surface area contributed by atoms with Crippen molar-refractivity contribution < 1.29 is 27.4 Å². The number of rotatable bonds is 8. The van der Waals surface area contributed by atoms with Gasteiger partial charge in [-0.3, -0.25) is 9.10 Å². The minimum Gasteiger partial charge on any atom is -0.497 e. The summed E-state index contributed by atoms with van der Waals surface area (Å²) in [5, 5.41) is 2.89. The van der Waals surface area contributed by atoms with E-state index in [1.807, 2.05) is 0 Å². The molecule has 0 fully saturated rings. The first-order chi connectivity index (χ1) is 13.2. The zero-order valence-corrected chi connectivity index (χ0v) is 17.4. The summed E-state index contributed by atoms with van der Waals surface area (Å²) in [7, 11) is 0.461. The summed E-state index contributed by atoms with van der Waals surface area (Å²) in [5.74, 6) is 0.446. The Morgan fingerprint density at radius 3 is 2.32 bits per heavy atom. The maximum atomic E-state index is 12.5. The van der Waals surface area contributed by atoms with Gasteiger partial charge in [0.05, 0.1) is 38.3 Å². The Labute approximate surface area is 169 Å². The SMILES string of the molecule is COc1cccc(NC(=O)CN(c2cc(OC)c(Cl)cc2OC)S(C)(=O)=O)c1. The molecular formula is C18H21ClN2O6S. The summed E-state index contributed by atoms with van der Waals surface area (Å²) in [5.41, 5.74) is 0.602. The van der Waals surface area contributed by atoms with Crippen molar-refractivity contribution in [3.05, 3.63) is 41.4 Å². The molecule has 0 saturated carbocycles. The van der Waals surface area contributed by atoms with Crippen LogP contribution in [-0.2, 0) is 14.8 Å². The van der Waals surface area contributed by atoms with Crippen LogP contribution in [-0.4, -0.2) is 48.5 Å². The molecule has 2 rings (SSSR count). The number of anilines is 2. The average Bonchev–Trinajstić information content (AvgIpc) is 2.65. The van der Waals surface area contributed by atoms with Crippen molar-refractivity contribution in [1.82, 2.24) is 0 Å². The molecule has 0 aromatic heterocycles. The third kappa shape index (κ3) is 5.20. The first-order valence-electron chi connectivity index (χ1n) is 8.02. The summed E-state index contributed by atoms with van der Waals surface area (Å²) in [6.07, 6.45) is 0.992. The van der Waals surface area contributed by atoms with Gasteiger partial charge in [-0.2, -0.15) is 0 Å². The fourth-order valence-electron chi connectivity index (χ4n) is 2.45. The first kappa shape index (κ1) is 21.6. The summed E-state index contributed by atoms with van der Waals surface area (Å²) in [6.45, 7) is -0.475. The summed E-state index contributed by atoms with van der Waals surface area (Å²) in [4.78, 5) is 12.5. The number of amides is 1. The van der Waals surface area contributed by atoms with E-state index in [4.69, 9.17) is 25.8 Å². The number of carbonyl (C=O) groups excluding carboxylic acids is 1. The van der Waals surface area contributed by atoms with Crippen LogP contribution in [0.15, 0.2) is 36.4 Å². The number of hydrogen-bond acceptors (Lipinski definition) is 6. The first-order valence-corrected chi connectivity index (χ1v) is 10.3. The van der Waals surface area contributed by atoms with Gasteiger partial charge in [-0.15, -0.1) is 0 Å². The molecule has 152 valence electrons. The van der Waals surface area contributed by atoms with E-state index in [0.29, 0.717) is 11.4 Å². The number of nitrogens with one attached hydrogen (secondary N) is 1. The maximum Gasteiger partial charge on any atom is 0.245 e. The zero-order valence-electron chi connectivity index (χ0n) is 15.9. The van der Waals surface area contributed by atoms with Crippen molar-refractivity contribution >= 4 is 38.9 Å². The Morgan fingerprint density at radius 1 is 1.07 bits per heavy atom.